The highest BCUT2D eigenvalue weighted by atomic mass is 16.5. The van der Waals surface area contributed by atoms with E-state index in [2.05, 4.69) is 14.9 Å². The van der Waals surface area contributed by atoms with Crippen LogP contribution in [0.1, 0.15) is 10.7 Å². The molecular formula is C11H10N2O4. The first-order chi connectivity index (χ1) is 8.26. The molecule has 0 radical (unpaired) electrons. The van der Waals surface area contributed by atoms with Crippen molar-refractivity contribution in [3.63, 3.8) is 0 Å². The summed E-state index contributed by atoms with van der Waals surface area (Å²) in [7, 11) is 2.78. The average molecular weight is 234 g/mol. The molecule has 6 nitrogen and oxygen atoms in total. The summed E-state index contributed by atoms with van der Waals surface area (Å²) in [4.78, 5) is 11.2. The van der Waals surface area contributed by atoms with Gasteiger partial charge in [-0.25, -0.2) is 4.79 Å². The van der Waals surface area contributed by atoms with E-state index in [1.54, 1.807) is 18.2 Å². The molecule has 88 valence electrons. The van der Waals surface area contributed by atoms with Crippen molar-refractivity contribution in [2.24, 2.45) is 0 Å². The van der Waals surface area contributed by atoms with Crippen molar-refractivity contribution in [2.45, 2.75) is 0 Å². The minimum atomic E-state index is -0.668. The number of nitrogens with zero attached hydrogens (tertiary/aromatic N) is 2. The maximum atomic E-state index is 11.2. The second-order valence-electron chi connectivity index (χ2n) is 3.10. The van der Waals surface area contributed by atoms with Gasteiger partial charge in [0.15, 0.2) is 0 Å². The molecule has 0 amide bonds. The Hall–Kier alpha value is -2.37. The summed E-state index contributed by atoms with van der Waals surface area (Å²) in [5, 5.41) is 7.36. The number of hydrogen-bond donors (Lipinski definition) is 0. The van der Waals surface area contributed by atoms with E-state index in [4.69, 9.17) is 9.15 Å². The lowest BCUT2D eigenvalue weighted by molar-refractivity contribution is 0.0556. The van der Waals surface area contributed by atoms with E-state index < -0.39 is 5.97 Å². The molecule has 2 aromatic rings. The fourth-order valence-corrected chi connectivity index (χ4v) is 1.32. The van der Waals surface area contributed by atoms with Crippen molar-refractivity contribution in [1.29, 1.82) is 0 Å². The molecule has 0 aliphatic carbocycles. The largest absolute Gasteiger partial charge is 0.496 e. The fourth-order valence-electron chi connectivity index (χ4n) is 1.32. The topological polar surface area (TPSA) is 74.5 Å². The van der Waals surface area contributed by atoms with Crippen LogP contribution in [0.15, 0.2) is 28.7 Å². The second kappa shape index (κ2) is 4.65. The van der Waals surface area contributed by atoms with E-state index in [0.29, 0.717) is 11.3 Å². The van der Waals surface area contributed by atoms with E-state index in [-0.39, 0.29) is 11.8 Å². The van der Waals surface area contributed by atoms with Gasteiger partial charge in [0.05, 0.1) is 19.8 Å². The summed E-state index contributed by atoms with van der Waals surface area (Å²) in [6.07, 6.45) is 0. The third-order valence-electron chi connectivity index (χ3n) is 2.12. The molecule has 2 rings (SSSR count). The highest BCUT2D eigenvalue weighted by Crippen LogP contribution is 2.28. The average Bonchev–Trinajstić information content (AvgIpc) is 2.87. The minimum absolute atomic E-state index is 0.187. The van der Waals surface area contributed by atoms with Crippen LogP contribution in [-0.2, 0) is 4.74 Å². The molecule has 0 aliphatic rings. The lowest BCUT2D eigenvalue weighted by Crippen LogP contribution is -2.00. The highest BCUT2D eigenvalue weighted by Gasteiger charge is 2.17. The number of carbonyl (C=O) groups excluding carboxylic acids is 1. The van der Waals surface area contributed by atoms with Crippen LogP contribution in [0, 0.1) is 0 Å². The molecule has 0 unspecified atom stereocenters. The molecule has 0 saturated heterocycles. The Morgan fingerprint density at radius 3 is 2.71 bits per heavy atom. The predicted octanol–water partition coefficient (Wildman–Crippen LogP) is 1.53. The molecule has 0 aliphatic heterocycles. The van der Waals surface area contributed by atoms with Crippen LogP contribution in [0.4, 0.5) is 0 Å². The normalized spacial score (nSPS) is 10.0. The molecule has 17 heavy (non-hydrogen) atoms. The molecule has 0 N–H and O–H groups in total. The molecule has 1 heterocycles. The molecule has 6 heteroatoms. The van der Waals surface area contributed by atoms with Gasteiger partial charge in [0.2, 0.25) is 0 Å². The van der Waals surface area contributed by atoms with Gasteiger partial charge in [0, 0.05) is 0 Å². The van der Waals surface area contributed by atoms with Crippen LogP contribution in [0.5, 0.6) is 5.75 Å². The van der Waals surface area contributed by atoms with Gasteiger partial charge in [-0.1, -0.05) is 12.1 Å². The molecule has 0 fully saturated rings. The van der Waals surface area contributed by atoms with Gasteiger partial charge in [-0.05, 0) is 12.1 Å². The molecule has 0 spiro atoms. The quantitative estimate of drug-likeness (QED) is 0.750. The Morgan fingerprint density at radius 2 is 2.00 bits per heavy atom. The van der Waals surface area contributed by atoms with Crippen LogP contribution in [0.25, 0.3) is 11.5 Å². The number of rotatable bonds is 3. The predicted molar refractivity (Wildman–Crippen MR) is 57.6 cm³/mol. The first-order valence-electron chi connectivity index (χ1n) is 4.81. The maximum absolute atomic E-state index is 11.2. The van der Waals surface area contributed by atoms with Gasteiger partial charge < -0.3 is 13.9 Å². The minimum Gasteiger partial charge on any atom is -0.496 e. The van der Waals surface area contributed by atoms with E-state index in [1.165, 1.54) is 14.2 Å². The molecule has 0 bridgehead atoms. The Labute approximate surface area is 97.2 Å². The van der Waals surface area contributed by atoms with Crippen LogP contribution < -0.4 is 4.74 Å². The first kappa shape index (κ1) is 11.1. The third kappa shape index (κ3) is 2.10. The van der Waals surface area contributed by atoms with Gasteiger partial charge in [0.25, 0.3) is 5.89 Å². The number of aromatic nitrogens is 2. The SMILES string of the molecule is COC(=O)c1nnc(-c2ccccc2OC)o1. The van der Waals surface area contributed by atoms with Crippen molar-refractivity contribution in [1.82, 2.24) is 10.2 Å². The monoisotopic (exact) mass is 234 g/mol. The van der Waals surface area contributed by atoms with Crippen LogP contribution >= 0.6 is 0 Å². The number of esters is 1. The van der Waals surface area contributed by atoms with Gasteiger partial charge in [-0.15, -0.1) is 10.2 Å². The third-order valence-corrected chi connectivity index (χ3v) is 2.12. The molecule has 1 aromatic carbocycles. The summed E-state index contributed by atoms with van der Waals surface area (Å²) in [6, 6.07) is 7.14. The lowest BCUT2D eigenvalue weighted by Gasteiger charge is -2.02. The number of para-hydroxylation sites is 1. The van der Waals surface area contributed by atoms with E-state index >= 15 is 0 Å². The first-order valence-corrected chi connectivity index (χ1v) is 4.81. The standard InChI is InChI=1S/C11H10N2O4/c1-15-8-6-4-3-5-7(8)9-12-13-10(17-9)11(14)16-2/h3-6H,1-2H3. The Morgan fingerprint density at radius 1 is 1.24 bits per heavy atom. The summed E-state index contributed by atoms with van der Waals surface area (Å²) < 4.78 is 14.8. The zero-order chi connectivity index (χ0) is 12.3. The maximum Gasteiger partial charge on any atom is 0.396 e. The van der Waals surface area contributed by atoms with E-state index in [9.17, 15) is 4.79 Å². The molecular weight excluding hydrogens is 224 g/mol. The number of ether oxygens (including phenoxy) is 2. The van der Waals surface area contributed by atoms with Crippen LogP contribution in [0.2, 0.25) is 0 Å². The van der Waals surface area contributed by atoms with Crippen LogP contribution in [-0.4, -0.2) is 30.4 Å². The summed E-state index contributed by atoms with van der Waals surface area (Å²) >= 11 is 0. The number of benzene rings is 1. The Balaban J connectivity index is 2.40. The van der Waals surface area contributed by atoms with Crippen LogP contribution in [0.3, 0.4) is 0 Å². The smallest absolute Gasteiger partial charge is 0.396 e. The van der Waals surface area contributed by atoms with Crippen molar-refractivity contribution >= 4 is 5.97 Å². The van der Waals surface area contributed by atoms with Crippen molar-refractivity contribution in [3.8, 4) is 17.2 Å². The van der Waals surface area contributed by atoms with Gasteiger partial charge in [-0.3, -0.25) is 0 Å². The van der Waals surface area contributed by atoms with Gasteiger partial charge >= 0.3 is 11.9 Å². The van der Waals surface area contributed by atoms with E-state index in [1.807, 2.05) is 6.07 Å². The second-order valence-corrected chi connectivity index (χ2v) is 3.10. The number of hydrogen-bond acceptors (Lipinski definition) is 6. The molecule has 1 aromatic heterocycles. The fraction of sp³-hybridized carbons (Fsp3) is 0.182. The number of carbonyl (C=O) groups is 1. The van der Waals surface area contributed by atoms with Crippen molar-refractivity contribution < 1.29 is 18.7 Å². The summed E-state index contributed by atoms with van der Waals surface area (Å²) in [5.41, 5.74) is 0.623. The Bertz CT molecular complexity index is 536. The van der Waals surface area contributed by atoms with Gasteiger partial charge in [0.1, 0.15) is 5.75 Å². The van der Waals surface area contributed by atoms with Gasteiger partial charge in [-0.2, -0.15) is 0 Å². The van der Waals surface area contributed by atoms with Crippen molar-refractivity contribution in [2.75, 3.05) is 14.2 Å². The van der Waals surface area contributed by atoms with Crippen molar-refractivity contribution in [3.05, 3.63) is 30.2 Å². The van der Waals surface area contributed by atoms with E-state index in [0.717, 1.165) is 0 Å². The summed E-state index contributed by atoms with van der Waals surface area (Å²) in [5.74, 6) is -0.0533. The zero-order valence-electron chi connectivity index (χ0n) is 9.34. The summed E-state index contributed by atoms with van der Waals surface area (Å²) in [6.45, 7) is 0. The lowest BCUT2D eigenvalue weighted by atomic mass is 10.2. The molecule has 0 saturated carbocycles. The Kier molecular flexibility index (Phi) is 3.04. The molecule has 0 atom stereocenters. The zero-order valence-corrected chi connectivity index (χ0v) is 9.34. The number of methoxy groups -OCH3 is 2. The highest BCUT2D eigenvalue weighted by molar-refractivity contribution is 5.84.